The van der Waals surface area contributed by atoms with E-state index < -0.39 is 0 Å². The van der Waals surface area contributed by atoms with Crippen LogP contribution in [0.15, 0.2) is 48.5 Å². The van der Waals surface area contributed by atoms with Gasteiger partial charge >= 0.3 is 6.09 Å². The van der Waals surface area contributed by atoms with E-state index in [4.69, 9.17) is 9.47 Å². The van der Waals surface area contributed by atoms with Crippen LogP contribution in [-0.2, 0) is 9.47 Å². The van der Waals surface area contributed by atoms with Gasteiger partial charge in [0.25, 0.3) is 0 Å². The largest absolute Gasteiger partial charge is 0.449 e. The van der Waals surface area contributed by atoms with E-state index in [0.29, 0.717) is 6.61 Å². The molecule has 148 valence electrons. The first-order valence-electron chi connectivity index (χ1n) is 10.1. The van der Waals surface area contributed by atoms with Crippen LogP contribution < -0.4 is 5.32 Å². The molecule has 28 heavy (non-hydrogen) atoms. The van der Waals surface area contributed by atoms with Gasteiger partial charge in [-0.1, -0.05) is 48.5 Å². The Morgan fingerprint density at radius 1 is 1.11 bits per heavy atom. The Morgan fingerprint density at radius 2 is 1.71 bits per heavy atom. The van der Waals surface area contributed by atoms with Crippen molar-refractivity contribution < 1.29 is 14.3 Å². The van der Waals surface area contributed by atoms with Crippen molar-refractivity contribution in [3.8, 4) is 11.1 Å². The minimum absolute atomic E-state index is 0.0819. The van der Waals surface area contributed by atoms with Crippen LogP contribution in [0.2, 0.25) is 0 Å². The molecule has 1 heterocycles. The number of nitrogens with zero attached hydrogens (tertiary/aromatic N) is 1. The number of hydrogen-bond donors (Lipinski definition) is 1. The summed E-state index contributed by atoms with van der Waals surface area (Å²) in [7, 11) is 0. The van der Waals surface area contributed by atoms with Crippen molar-refractivity contribution in [2.75, 3.05) is 39.5 Å². The molecule has 1 atom stereocenters. The van der Waals surface area contributed by atoms with Gasteiger partial charge in [-0.05, 0) is 35.6 Å². The van der Waals surface area contributed by atoms with Crippen molar-refractivity contribution in [2.45, 2.75) is 25.3 Å². The molecule has 5 heteroatoms. The monoisotopic (exact) mass is 380 g/mol. The normalized spacial score (nSPS) is 17.6. The molecule has 0 radical (unpaired) electrons. The van der Waals surface area contributed by atoms with Gasteiger partial charge in [-0.25, -0.2) is 4.79 Å². The zero-order chi connectivity index (χ0) is 19.3. The predicted octanol–water partition coefficient (Wildman–Crippen LogP) is 3.64. The van der Waals surface area contributed by atoms with Crippen LogP contribution in [0.1, 0.15) is 30.4 Å². The molecule has 0 saturated carbocycles. The lowest BCUT2D eigenvalue weighted by Gasteiger charge is -2.27. The fourth-order valence-corrected chi connectivity index (χ4v) is 4.11. The maximum absolute atomic E-state index is 12.3. The van der Waals surface area contributed by atoms with Crippen molar-refractivity contribution in [1.82, 2.24) is 10.2 Å². The predicted molar refractivity (Wildman–Crippen MR) is 110 cm³/mol. The smallest absolute Gasteiger partial charge is 0.407 e. The fourth-order valence-electron chi connectivity index (χ4n) is 4.11. The Hall–Kier alpha value is -2.37. The van der Waals surface area contributed by atoms with E-state index in [1.54, 1.807) is 0 Å². The Balaban J connectivity index is 1.30. The first-order valence-corrected chi connectivity index (χ1v) is 10.1. The molecular weight excluding hydrogens is 352 g/mol. The fraction of sp³-hybridized carbons (Fsp3) is 0.435. The van der Waals surface area contributed by atoms with E-state index >= 15 is 0 Å². The topological polar surface area (TPSA) is 50.8 Å². The molecule has 5 nitrogen and oxygen atoms in total. The second-order valence-electron chi connectivity index (χ2n) is 7.61. The number of nitrogens with one attached hydrogen (secondary N) is 1. The van der Waals surface area contributed by atoms with Gasteiger partial charge in [0.05, 0.1) is 13.2 Å². The minimum Gasteiger partial charge on any atom is -0.449 e. The summed E-state index contributed by atoms with van der Waals surface area (Å²) >= 11 is 0. The van der Waals surface area contributed by atoms with Gasteiger partial charge in [0, 0.05) is 31.6 Å². The maximum Gasteiger partial charge on any atom is 0.407 e. The zero-order valence-electron chi connectivity index (χ0n) is 16.4. The van der Waals surface area contributed by atoms with Gasteiger partial charge in [-0.3, -0.25) is 4.90 Å². The Labute approximate surface area is 166 Å². The molecule has 0 aromatic heterocycles. The summed E-state index contributed by atoms with van der Waals surface area (Å²) in [6.07, 6.45) is 0.570. The molecule has 4 rings (SSSR count). The van der Waals surface area contributed by atoms with E-state index in [-0.39, 0.29) is 18.1 Å². The molecule has 2 aromatic carbocycles. The highest BCUT2D eigenvalue weighted by atomic mass is 16.5. The van der Waals surface area contributed by atoms with E-state index in [0.717, 1.165) is 39.3 Å². The molecule has 1 saturated heterocycles. The molecule has 1 amide bonds. The third-order valence-corrected chi connectivity index (χ3v) is 5.69. The highest BCUT2D eigenvalue weighted by Gasteiger charge is 2.29. The van der Waals surface area contributed by atoms with Crippen LogP contribution in [0.25, 0.3) is 11.1 Å². The number of morpholine rings is 1. The summed E-state index contributed by atoms with van der Waals surface area (Å²) in [6.45, 7) is 6.89. The number of alkyl carbamates (subject to hydrolysis) is 1. The van der Waals surface area contributed by atoms with Crippen molar-refractivity contribution in [1.29, 1.82) is 0 Å². The lowest BCUT2D eigenvalue weighted by molar-refractivity contribution is 0.0362. The SMILES string of the molecule is CC(CCN1CCOCC1)NC(=O)OCC1c2ccccc2-c2ccccc21. The number of fused-ring (bicyclic) bond motifs is 3. The average molecular weight is 380 g/mol. The molecule has 1 fully saturated rings. The van der Waals surface area contributed by atoms with Crippen molar-refractivity contribution in [2.24, 2.45) is 0 Å². The van der Waals surface area contributed by atoms with Crippen LogP contribution in [0, 0.1) is 0 Å². The molecule has 1 N–H and O–H groups in total. The highest BCUT2D eigenvalue weighted by Crippen LogP contribution is 2.44. The number of hydrogen-bond acceptors (Lipinski definition) is 4. The molecule has 0 spiro atoms. The van der Waals surface area contributed by atoms with E-state index in [2.05, 4.69) is 46.6 Å². The number of carbonyl (C=O) groups excluding carboxylic acids is 1. The summed E-state index contributed by atoms with van der Waals surface area (Å²) in [5.41, 5.74) is 4.95. The number of benzene rings is 2. The van der Waals surface area contributed by atoms with Crippen LogP contribution in [0.4, 0.5) is 4.79 Å². The summed E-state index contributed by atoms with van der Waals surface area (Å²) in [5, 5.41) is 2.97. The third-order valence-electron chi connectivity index (χ3n) is 5.69. The Kier molecular flexibility index (Phi) is 5.93. The maximum atomic E-state index is 12.3. The molecular formula is C23H28N2O3. The molecule has 2 aromatic rings. The van der Waals surface area contributed by atoms with Crippen molar-refractivity contribution >= 4 is 6.09 Å². The van der Waals surface area contributed by atoms with Gasteiger partial charge in [-0.15, -0.1) is 0 Å². The van der Waals surface area contributed by atoms with Crippen LogP contribution >= 0.6 is 0 Å². The van der Waals surface area contributed by atoms with Gasteiger partial charge in [-0.2, -0.15) is 0 Å². The summed E-state index contributed by atoms with van der Waals surface area (Å²) < 4.78 is 11.0. The molecule has 2 aliphatic rings. The lowest BCUT2D eigenvalue weighted by Crippen LogP contribution is -2.40. The standard InChI is InChI=1S/C23H28N2O3/c1-17(10-11-25-12-14-27-15-13-25)24-23(26)28-16-22-20-8-4-2-6-18(20)19-7-3-5-9-21(19)22/h2-9,17,22H,10-16H2,1H3,(H,24,26). The van der Waals surface area contributed by atoms with Crippen LogP contribution in [0.5, 0.6) is 0 Å². The molecule has 1 unspecified atom stereocenters. The van der Waals surface area contributed by atoms with Crippen LogP contribution in [-0.4, -0.2) is 56.5 Å². The van der Waals surface area contributed by atoms with Gasteiger partial charge in [0.2, 0.25) is 0 Å². The quantitative estimate of drug-likeness (QED) is 0.831. The van der Waals surface area contributed by atoms with E-state index in [9.17, 15) is 4.79 Å². The molecule has 0 bridgehead atoms. The number of ether oxygens (including phenoxy) is 2. The van der Waals surface area contributed by atoms with E-state index in [1.807, 2.05) is 19.1 Å². The Morgan fingerprint density at radius 3 is 2.36 bits per heavy atom. The van der Waals surface area contributed by atoms with Crippen molar-refractivity contribution in [3.05, 3.63) is 59.7 Å². The third kappa shape index (κ3) is 4.21. The summed E-state index contributed by atoms with van der Waals surface area (Å²) in [4.78, 5) is 14.7. The first-order chi connectivity index (χ1) is 13.7. The van der Waals surface area contributed by atoms with Gasteiger partial charge in [0.15, 0.2) is 0 Å². The van der Waals surface area contributed by atoms with Crippen LogP contribution in [0.3, 0.4) is 0 Å². The number of carbonyl (C=O) groups is 1. The van der Waals surface area contributed by atoms with Crippen molar-refractivity contribution in [3.63, 3.8) is 0 Å². The minimum atomic E-state index is -0.337. The number of amides is 1. The second-order valence-corrected chi connectivity index (χ2v) is 7.61. The lowest BCUT2D eigenvalue weighted by atomic mass is 9.98. The van der Waals surface area contributed by atoms with E-state index in [1.165, 1.54) is 22.3 Å². The summed E-state index contributed by atoms with van der Waals surface area (Å²) in [6, 6.07) is 16.8. The first kappa shape index (κ1) is 19.0. The molecule has 1 aliphatic carbocycles. The average Bonchev–Trinajstić information content (AvgIpc) is 3.05. The summed E-state index contributed by atoms with van der Waals surface area (Å²) in [5.74, 6) is 0.0989. The van der Waals surface area contributed by atoms with Gasteiger partial charge < -0.3 is 14.8 Å². The zero-order valence-corrected chi connectivity index (χ0v) is 16.4. The van der Waals surface area contributed by atoms with Gasteiger partial charge in [0.1, 0.15) is 6.61 Å². The highest BCUT2D eigenvalue weighted by molar-refractivity contribution is 5.79. The number of rotatable bonds is 6. The second kappa shape index (κ2) is 8.76. The Bertz CT molecular complexity index is 771. The molecule has 1 aliphatic heterocycles.